The summed E-state index contributed by atoms with van der Waals surface area (Å²) >= 11 is 4.70. The number of carbonyl (C=O) groups excluding carboxylic acids is 1. The van der Waals surface area contributed by atoms with Gasteiger partial charge in [0.1, 0.15) is 5.25 Å². The average molecular weight is 279 g/mol. The van der Waals surface area contributed by atoms with Gasteiger partial charge in [0.2, 0.25) is 15.9 Å². The topological polar surface area (TPSA) is 106 Å². The van der Waals surface area contributed by atoms with Gasteiger partial charge in [-0.25, -0.2) is 12.7 Å². The van der Waals surface area contributed by atoms with E-state index in [2.05, 4.69) is 0 Å². The molecule has 1 aliphatic rings. The van der Waals surface area contributed by atoms with Crippen molar-refractivity contribution in [2.45, 2.75) is 25.0 Å². The standard InChI is InChI=1S/C9H17N3O3S2/c1-6(9(11)16)17(14,15)12-4-2-3-7(5-12)8(10)13/h6-7H,2-5H2,1H3,(H2,10,13)(H2,11,16). The van der Waals surface area contributed by atoms with Crippen LogP contribution in [0.1, 0.15) is 19.8 Å². The Labute approximate surface area is 106 Å². The van der Waals surface area contributed by atoms with Crippen molar-refractivity contribution in [3.63, 3.8) is 0 Å². The van der Waals surface area contributed by atoms with E-state index in [1.54, 1.807) is 0 Å². The van der Waals surface area contributed by atoms with Gasteiger partial charge in [-0.1, -0.05) is 12.2 Å². The molecule has 17 heavy (non-hydrogen) atoms. The highest BCUT2D eigenvalue weighted by Gasteiger charge is 2.35. The second-order valence-corrected chi connectivity index (χ2v) is 6.91. The monoisotopic (exact) mass is 279 g/mol. The van der Waals surface area contributed by atoms with Crippen LogP contribution in [-0.2, 0) is 14.8 Å². The molecule has 1 aliphatic heterocycles. The van der Waals surface area contributed by atoms with E-state index < -0.39 is 27.1 Å². The molecule has 0 aromatic heterocycles. The summed E-state index contributed by atoms with van der Waals surface area (Å²) in [6.07, 6.45) is 1.25. The maximum atomic E-state index is 12.1. The Morgan fingerprint density at radius 2 is 2.06 bits per heavy atom. The molecule has 0 bridgehead atoms. The van der Waals surface area contributed by atoms with Gasteiger partial charge in [-0.05, 0) is 19.8 Å². The highest BCUT2D eigenvalue weighted by atomic mass is 32.2. The summed E-state index contributed by atoms with van der Waals surface area (Å²) in [4.78, 5) is 11.0. The number of amides is 1. The van der Waals surface area contributed by atoms with E-state index in [0.717, 1.165) is 0 Å². The lowest BCUT2D eigenvalue weighted by Crippen LogP contribution is -2.49. The molecule has 6 nitrogen and oxygen atoms in total. The van der Waals surface area contributed by atoms with E-state index in [1.807, 2.05) is 0 Å². The Morgan fingerprint density at radius 1 is 1.47 bits per heavy atom. The molecule has 1 fully saturated rings. The molecule has 0 aromatic rings. The molecule has 1 rings (SSSR count). The molecule has 4 N–H and O–H groups in total. The number of rotatable bonds is 4. The van der Waals surface area contributed by atoms with Gasteiger partial charge in [0.25, 0.3) is 0 Å². The summed E-state index contributed by atoms with van der Waals surface area (Å²) in [6, 6.07) is 0. The van der Waals surface area contributed by atoms with E-state index >= 15 is 0 Å². The minimum Gasteiger partial charge on any atom is -0.392 e. The summed E-state index contributed by atoms with van der Waals surface area (Å²) in [5.41, 5.74) is 10.6. The maximum absolute atomic E-state index is 12.1. The number of primary amides is 1. The molecule has 98 valence electrons. The second kappa shape index (κ2) is 5.28. The first kappa shape index (κ1) is 14.3. The van der Waals surface area contributed by atoms with Crippen molar-refractivity contribution in [2.75, 3.05) is 13.1 Å². The number of carbonyl (C=O) groups is 1. The number of thiocarbonyl (C=S) groups is 1. The SMILES string of the molecule is CC(C(N)=S)S(=O)(=O)N1CCCC(C(N)=O)C1. The van der Waals surface area contributed by atoms with Crippen molar-refractivity contribution < 1.29 is 13.2 Å². The summed E-state index contributed by atoms with van der Waals surface area (Å²) in [5.74, 6) is -0.884. The fraction of sp³-hybridized carbons (Fsp3) is 0.778. The van der Waals surface area contributed by atoms with E-state index in [9.17, 15) is 13.2 Å². The second-order valence-electron chi connectivity index (χ2n) is 4.19. The van der Waals surface area contributed by atoms with Crippen LogP contribution in [-0.4, -0.2) is 42.0 Å². The van der Waals surface area contributed by atoms with Crippen LogP contribution >= 0.6 is 12.2 Å². The third kappa shape index (κ3) is 3.14. The van der Waals surface area contributed by atoms with Crippen molar-refractivity contribution in [3.8, 4) is 0 Å². The molecule has 0 saturated carbocycles. The van der Waals surface area contributed by atoms with Crippen molar-refractivity contribution in [2.24, 2.45) is 17.4 Å². The summed E-state index contributed by atoms with van der Waals surface area (Å²) in [6.45, 7) is 1.97. The number of nitrogens with zero attached hydrogens (tertiary/aromatic N) is 1. The zero-order valence-electron chi connectivity index (χ0n) is 9.63. The molecule has 1 heterocycles. The number of hydrogen-bond acceptors (Lipinski definition) is 4. The van der Waals surface area contributed by atoms with Crippen LogP contribution < -0.4 is 11.5 Å². The van der Waals surface area contributed by atoms with Crippen LogP contribution in [0.15, 0.2) is 0 Å². The van der Waals surface area contributed by atoms with Crippen molar-refractivity contribution in [1.82, 2.24) is 4.31 Å². The number of hydrogen-bond donors (Lipinski definition) is 2. The molecule has 0 aliphatic carbocycles. The van der Waals surface area contributed by atoms with Crippen LogP contribution in [0.25, 0.3) is 0 Å². The molecule has 8 heteroatoms. The minimum absolute atomic E-state index is 0.0637. The van der Waals surface area contributed by atoms with Gasteiger partial charge in [-0.3, -0.25) is 4.79 Å². The van der Waals surface area contributed by atoms with Crippen molar-refractivity contribution in [1.29, 1.82) is 0 Å². The van der Waals surface area contributed by atoms with Crippen LogP contribution in [0.4, 0.5) is 0 Å². The first-order valence-electron chi connectivity index (χ1n) is 5.34. The van der Waals surface area contributed by atoms with Crippen LogP contribution in [0.2, 0.25) is 0 Å². The van der Waals surface area contributed by atoms with E-state index in [1.165, 1.54) is 11.2 Å². The minimum atomic E-state index is -3.57. The normalized spacial score (nSPS) is 24.2. The molecule has 2 atom stereocenters. The summed E-state index contributed by atoms with van der Waals surface area (Å²) in [5, 5.41) is -0.913. The Morgan fingerprint density at radius 3 is 2.53 bits per heavy atom. The highest BCUT2D eigenvalue weighted by Crippen LogP contribution is 2.21. The van der Waals surface area contributed by atoms with Gasteiger partial charge in [0, 0.05) is 13.1 Å². The van der Waals surface area contributed by atoms with Gasteiger partial charge >= 0.3 is 0 Å². The van der Waals surface area contributed by atoms with Crippen LogP contribution in [0.3, 0.4) is 0 Å². The van der Waals surface area contributed by atoms with E-state index in [4.69, 9.17) is 23.7 Å². The number of piperidine rings is 1. The maximum Gasteiger partial charge on any atom is 0.223 e. The average Bonchev–Trinajstić information content (AvgIpc) is 2.28. The lowest BCUT2D eigenvalue weighted by Gasteiger charge is -2.32. The predicted molar refractivity (Wildman–Crippen MR) is 68.7 cm³/mol. The third-order valence-electron chi connectivity index (χ3n) is 2.99. The molecule has 1 saturated heterocycles. The lowest BCUT2D eigenvalue weighted by atomic mass is 9.99. The molecule has 0 aromatic carbocycles. The molecule has 0 spiro atoms. The first-order valence-corrected chi connectivity index (χ1v) is 7.25. The molecular weight excluding hydrogens is 262 g/mol. The first-order chi connectivity index (χ1) is 7.76. The Kier molecular flexibility index (Phi) is 4.45. The van der Waals surface area contributed by atoms with Crippen LogP contribution in [0, 0.1) is 5.92 Å². The fourth-order valence-electron chi connectivity index (χ4n) is 1.78. The van der Waals surface area contributed by atoms with Crippen LogP contribution in [0.5, 0.6) is 0 Å². The van der Waals surface area contributed by atoms with E-state index in [-0.39, 0.29) is 11.5 Å². The van der Waals surface area contributed by atoms with Gasteiger partial charge in [-0.2, -0.15) is 0 Å². The summed E-state index contributed by atoms with van der Waals surface area (Å²) in [7, 11) is -3.57. The highest BCUT2D eigenvalue weighted by molar-refractivity contribution is 7.92. The van der Waals surface area contributed by atoms with Gasteiger partial charge in [0.05, 0.1) is 10.9 Å². The molecular formula is C9H17N3O3S2. The quantitative estimate of drug-likeness (QED) is 0.654. The Bertz CT molecular complexity index is 421. The number of nitrogens with two attached hydrogens (primary N) is 2. The lowest BCUT2D eigenvalue weighted by molar-refractivity contribution is -0.122. The van der Waals surface area contributed by atoms with E-state index in [0.29, 0.717) is 19.4 Å². The van der Waals surface area contributed by atoms with Gasteiger partial charge in [0.15, 0.2) is 0 Å². The van der Waals surface area contributed by atoms with Gasteiger partial charge in [-0.15, -0.1) is 0 Å². The van der Waals surface area contributed by atoms with Gasteiger partial charge < -0.3 is 11.5 Å². The fourth-order valence-corrected chi connectivity index (χ4v) is 3.65. The van der Waals surface area contributed by atoms with Crippen molar-refractivity contribution >= 4 is 33.1 Å². The Balaban J connectivity index is 2.85. The van der Waals surface area contributed by atoms with Crippen molar-refractivity contribution in [3.05, 3.63) is 0 Å². The molecule has 2 unspecified atom stereocenters. The zero-order chi connectivity index (χ0) is 13.2. The smallest absolute Gasteiger partial charge is 0.223 e. The zero-order valence-corrected chi connectivity index (χ0v) is 11.3. The third-order valence-corrected chi connectivity index (χ3v) is 5.70. The molecule has 0 radical (unpaired) electrons. The molecule has 1 amide bonds. The Hall–Kier alpha value is -0.730. The predicted octanol–water partition coefficient (Wildman–Crippen LogP) is -0.812. The largest absolute Gasteiger partial charge is 0.392 e. The summed E-state index contributed by atoms with van der Waals surface area (Å²) < 4.78 is 25.5. The number of sulfonamides is 1.